The van der Waals surface area contributed by atoms with Gasteiger partial charge in [0.15, 0.2) is 0 Å². The molecule has 0 spiro atoms. The molecule has 0 aliphatic heterocycles. The first-order valence-corrected chi connectivity index (χ1v) is 18.1. The average molecular weight is 657 g/mol. The summed E-state index contributed by atoms with van der Waals surface area (Å²) in [4.78, 5) is 0. The molecule has 0 bridgehead atoms. The van der Waals surface area contributed by atoms with Crippen molar-refractivity contribution >= 4 is 75.4 Å². The molecule has 0 amide bonds. The van der Waals surface area contributed by atoms with Crippen molar-refractivity contribution in [2.45, 2.75) is 0 Å². The maximum Gasteiger partial charge on any atom is -0.00139 e. The van der Waals surface area contributed by atoms with Crippen LogP contribution < -0.4 is 0 Å². The summed E-state index contributed by atoms with van der Waals surface area (Å²) in [6.45, 7) is 0. The first-order valence-electron chi connectivity index (χ1n) is 18.1. The molecule has 11 rings (SSSR count). The molecule has 0 N–H and O–H groups in total. The Balaban J connectivity index is 1.25. The third-order valence-corrected chi connectivity index (χ3v) is 11.2. The third-order valence-electron chi connectivity index (χ3n) is 11.2. The highest BCUT2D eigenvalue weighted by Crippen LogP contribution is 2.49. The Morgan fingerprint density at radius 2 is 0.673 bits per heavy atom. The Hall–Kier alpha value is -6.76. The lowest BCUT2D eigenvalue weighted by molar-refractivity contribution is 1.66. The van der Waals surface area contributed by atoms with E-state index in [9.17, 15) is 0 Å². The first-order chi connectivity index (χ1) is 25.8. The molecule has 0 saturated heterocycles. The minimum absolute atomic E-state index is 1.23. The smallest absolute Gasteiger partial charge is 0.00139 e. The zero-order valence-electron chi connectivity index (χ0n) is 28.5. The molecule has 0 aromatic heterocycles. The summed E-state index contributed by atoms with van der Waals surface area (Å²) < 4.78 is 0. The van der Waals surface area contributed by atoms with Gasteiger partial charge in [-0.25, -0.2) is 0 Å². The number of rotatable bonds is 3. The van der Waals surface area contributed by atoms with E-state index in [0.29, 0.717) is 0 Å². The van der Waals surface area contributed by atoms with E-state index in [-0.39, 0.29) is 0 Å². The molecule has 0 aliphatic rings. The second-order valence-corrected chi connectivity index (χ2v) is 14.0. The van der Waals surface area contributed by atoms with Crippen LogP contribution in [0.4, 0.5) is 0 Å². The molecule has 0 radical (unpaired) electrons. The lowest BCUT2D eigenvalue weighted by Crippen LogP contribution is -1.93. The molecular formula is C52H32. The molecule has 0 unspecified atom stereocenters. The second-order valence-electron chi connectivity index (χ2n) is 14.0. The van der Waals surface area contributed by atoms with Gasteiger partial charge in [0.05, 0.1) is 0 Å². The maximum absolute atomic E-state index is 2.43. The van der Waals surface area contributed by atoms with Gasteiger partial charge in [0, 0.05) is 0 Å². The minimum atomic E-state index is 1.23. The van der Waals surface area contributed by atoms with Gasteiger partial charge in [-0.1, -0.05) is 176 Å². The number of hydrogen-bond acceptors (Lipinski definition) is 0. The van der Waals surface area contributed by atoms with Crippen LogP contribution in [0.1, 0.15) is 0 Å². The predicted octanol–water partition coefficient (Wildman–Crippen LogP) is 14.8. The molecule has 0 nitrogen and oxygen atoms in total. The highest BCUT2D eigenvalue weighted by atomic mass is 14.2. The van der Waals surface area contributed by atoms with Crippen LogP contribution in [0.2, 0.25) is 0 Å². The zero-order valence-corrected chi connectivity index (χ0v) is 28.5. The predicted molar refractivity (Wildman–Crippen MR) is 225 cm³/mol. The Kier molecular flexibility index (Phi) is 6.35. The molecule has 240 valence electrons. The van der Waals surface area contributed by atoms with Gasteiger partial charge in [-0.2, -0.15) is 0 Å². The van der Waals surface area contributed by atoms with Crippen LogP contribution in [-0.4, -0.2) is 0 Å². The van der Waals surface area contributed by atoms with E-state index < -0.39 is 0 Å². The Morgan fingerprint density at radius 1 is 0.192 bits per heavy atom. The standard InChI is InChI=1S/C52H32/c1-2-14-33(15-3-1)47-30-36-26-27-37(32-48(36)41-21-9-8-20-40(41)47)50-42-22-10-12-24-44(42)52(45-25-13-11-23-43(45)50)51-39-19-7-5-17-35(39)31-49-38-18-6-4-16-34(38)28-29-46(49)51/h1-32H. The van der Waals surface area contributed by atoms with Crippen molar-refractivity contribution in [3.8, 4) is 33.4 Å². The van der Waals surface area contributed by atoms with E-state index in [1.54, 1.807) is 0 Å². The van der Waals surface area contributed by atoms with Gasteiger partial charge in [0.25, 0.3) is 0 Å². The van der Waals surface area contributed by atoms with E-state index in [2.05, 4.69) is 194 Å². The Morgan fingerprint density at radius 3 is 1.38 bits per heavy atom. The average Bonchev–Trinajstić information content (AvgIpc) is 3.22. The molecule has 11 aromatic carbocycles. The summed E-state index contributed by atoms with van der Waals surface area (Å²) in [6, 6.07) is 71.9. The van der Waals surface area contributed by atoms with Crippen molar-refractivity contribution in [3.63, 3.8) is 0 Å². The number of hydrogen-bond donors (Lipinski definition) is 0. The Bertz CT molecular complexity index is 3170. The largest absolute Gasteiger partial charge is 0.0622 e. The quantitative estimate of drug-likeness (QED) is 0.131. The lowest BCUT2D eigenvalue weighted by atomic mass is 9.82. The van der Waals surface area contributed by atoms with Crippen molar-refractivity contribution in [2.24, 2.45) is 0 Å². The van der Waals surface area contributed by atoms with E-state index in [1.807, 2.05) is 0 Å². The summed E-state index contributed by atoms with van der Waals surface area (Å²) in [5.74, 6) is 0. The van der Waals surface area contributed by atoms with E-state index in [4.69, 9.17) is 0 Å². The summed E-state index contributed by atoms with van der Waals surface area (Å²) in [5, 5.41) is 17.8. The van der Waals surface area contributed by atoms with Gasteiger partial charge in [0.2, 0.25) is 0 Å². The van der Waals surface area contributed by atoms with Gasteiger partial charge in [0.1, 0.15) is 0 Å². The SMILES string of the molecule is c1ccc(-c2cc3ccc(-c4c5ccccc5c(-c5c6ccccc6cc6c5ccc5ccccc56)c5ccccc45)cc3c3ccccc23)cc1. The van der Waals surface area contributed by atoms with Crippen molar-refractivity contribution in [2.75, 3.05) is 0 Å². The Labute approximate surface area is 301 Å². The number of fused-ring (bicyclic) bond motifs is 9. The lowest BCUT2D eigenvalue weighted by Gasteiger charge is -2.21. The van der Waals surface area contributed by atoms with Crippen molar-refractivity contribution in [3.05, 3.63) is 194 Å². The van der Waals surface area contributed by atoms with Gasteiger partial charge in [-0.05, 0) is 127 Å². The third kappa shape index (κ3) is 4.28. The van der Waals surface area contributed by atoms with Gasteiger partial charge in [-0.15, -0.1) is 0 Å². The first kappa shape index (κ1) is 29.0. The van der Waals surface area contributed by atoms with Crippen molar-refractivity contribution in [1.29, 1.82) is 0 Å². The molecule has 0 atom stereocenters. The van der Waals surface area contributed by atoms with E-state index >= 15 is 0 Å². The maximum atomic E-state index is 2.43. The van der Waals surface area contributed by atoms with Crippen LogP contribution >= 0.6 is 0 Å². The fraction of sp³-hybridized carbons (Fsp3) is 0. The van der Waals surface area contributed by atoms with Crippen LogP contribution in [0.5, 0.6) is 0 Å². The van der Waals surface area contributed by atoms with Crippen LogP contribution in [0, 0.1) is 0 Å². The summed E-state index contributed by atoms with van der Waals surface area (Å²) in [7, 11) is 0. The minimum Gasteiger partial charge on any atom is -0.0622 e. The van der Waals surface area contributed by atoms with Gasteiger partial charge < -0.3 is 0 Å². The fourth-order valence-electron chi connectivity index (χ4n) is 8.91. The highest BCUT2D eigenvalue weighted by molar-refractivity contribution is 6.29. The molecule has 0 heterocycles. The molecule has 0 heteroatoms. The van der Waals surface area contributed by atoms with Crippen molar-refractivity contribution in [1.82, 2.24) is 0 Å². The summed E-state index contributed by atoms with van der Waals surface area (Å²) >= 11 is 0. The van der Waals surface area contributed by atoms with Crippen LogP contribution in [-0.2, 0) is 0 Å². The van der Waals surface area contributed by atoms with Gasteiger partial charge >= 0.3 is 0 Å². The monoisotopic (exact) mass is 656 g/mol. The topological polar surface area (TPSA) is 0 Å². The normalized spacial score (nSPS) is 11.8. The molecule has 0 fully saturated rings. The second kappa shape index (κ2) is 11.4. The summed E-state index contributed by atoms with van der Waals surface area (Å²) in [6.07, 6.45) is 0. The molecule has 52 heavy (non-hydrogen) atoms. The molecule has 11 aromatic rings. The van der Waals surface area contributed by atoms with Gasteiger partial charge in [-0.3, -0.25) is 0 Å². The number of benzene rings is 11. The summed E-state index contributed by atoms with van der Waals surface area (Å²) in [5.41, 5.74) is 7.63. The van der Waals surface area contributed by atoms with E-state index in [1.165, 1.54) is 109 Å². The van der Waals surface area contributed by atoms with Crippen LogP contribution in [0.15, 0.2) is 194 Å². The van der Waals surface area contributed by atoms with Crippen LogP contribution in [0.25, 0.3) is 109 Å². The highest BCUT2D eigenvalue weighted by Gasteiger charge is 2.21. The molecule has 0 aliphatic carbocycles. The van der Waals surface area contributed by atoms with E-state index in [0.717, 1.165) is 0 Å². The molecule has 0 saturated carbocycles. The zero-order chi connectivity index (χ0) is 34.2. The van der Waals surface area contributed by atoms with Crippen LogP contribution in [0.3, 0.4) is 0 Å². The van der Waals surface area contributed by atoms with Crippen molar-refractivity contribution < 1.29 is 0 Å². The fourth-order valence-corrected chi connectivity index (χ4v) is 8.91. The molecular weight excluding hydrogens is 625 g/mol.